The van der Waals surface area contributed by atoms with Crippen LogP contribution in [0.3, 0.4) is 0 Å². The molecule has 0 radical (unpaired) electrons. The SMILES string of the molecule is C[n+]1cccc2cc(/C=C3/CCC/C(=C/c4ccc5c(ccc[n+]5C)c4)C3=O)ccc21. The number of allylic oxidation sites excluding steroid dienone is 2. The molecule has 0 amide bonds. The standard InChI is InChI=1S/C28H26N2O/c1-29-14-4-8-22-16-20(10-12-26(22)29)18-24-6-3-7-25(28(24)31)19-21-11-13-27-23(17-21)9-5-15-30(27)2/h4-5,8-19H,3,6-7H2,1-2H3/q+2/b24-18-,25-19-. The number of carbonyl (C=O) groups excluding carboxylic acids is 1. The van der Waals surface area contributed by atoms with Gasteiger partial charge in [-0.1, -0.05) is 0 Å². The third kappa shape index (κ3) is 3.79. The number of benzene rings is 2. The summed E-state index contributed by atoms with van der Waals surface area (Å²) in [7, 11) is 4.10. The minimum absolute atomic E-state index is 0.184. The van der Waals surface area contributed by atoms with E-state index in [4.69, 9.17) is 0 Å². The molecule has 31 heavy (non-hydrogen) atoms. The van der Waals surface area contributed by atoms with E-state index in [2.05, 4.69) is 108 Å². The lowest BCUT2D eigenvalue weighted by molar-refractivity contribution is -0.645. The molecule has 5 rings (SSSR count). The van der Waals surface area contributed by atoms with Crippen molar-refractivity contribution in [1.82, 2.24) is 0 Å². The number of aryl methyl sites for hydroxylation is 2. The molecule has 3 heteroatoms. The second kappa shape index (κ2) is 7.92. The van der Waals surface area contributed by atoms with E-state index in [1.54, 1.807) is 0 Å². The van der Waals surface area contributed by atoms with Crippen molar-refractivity contribution < 1.29 is 13.9 Å². The van der Waals surface area contributed by atoms with Crippen molar-refractivity contribution in [2.45, 2.75) is 19.3 Å². The highest BCUT2D eigenvalue weighted by molar-refractivity contribution is 6.14. The van der Waals surface area contributed by atoms with Crippen LogP contribution in [0.1, 0.15) is 30.4 Å². The molecule has 2 aromatic heterocycles. The van der Waals surface area contributed by atoms with Gasteiger partial charge in [0.05, 0.1) is 0 Å². The molecule has 0 bridgehead atoms. The average Bonchev–Trinajstić information content (AvgIpc) is 2.77. The first-order valence-corrected chi connectivity index (χ1v) is 10.8. The monoisotopic (exact) mass is 406 g/mol. The van der Waals surface area contributed by atoms with Crippen LogP contribution in [0.4, 0.5) is 0 Å². The lowest BCUT2D eigenvalue weighted by Crippen LogP contribution is -2.27. The van der Waals surface area contributed by atoms with Crippen LogP contribution < -0.4 is 9.13 Å². The Morgan fingerprint density at radius 3 is 1.68 bits per heavy atom. The van der Waals surface area contributed by atoms with Crippen molar-refractivity contribution in [3.8, 4) is 0 Å². The molecule has 0 spiro atoms. The number of Topliss-reactive ketones (excluding diaryl/α,β-unsaturated/α-hetero) is 1. The van der Waals surface area contributed by atoms with Crippen LogP contribution in [0.5, 0.6) is 0 Å². The van der Waals surface area contributed by atoms with E-state index in [1.807, 2.05) is 0 Å². The molecule has 0 N–H and O–H groups in total. The average molecular weight is 407 g/mol. The number of carbonyl (C=O) groups is 1. The van der Waals surface area contributed by atoms with E-state index in [0.717, 1.165) is 41.5 Å². The molecule has 1 aliphatic carbocycles. The molecule has 3 nitrogen and oxygen atoms in total. The normalized spacial score (nSPS) is 17.2. The molecule has 2 aromatic carbocycles. The maximum absolute atomic E-state index is 13.2. The second-order valence-electron chi connectivity index (χ2n) is 8.40. The van der Waals surface area contributed by atoms with Gasteiger partial charge in [0.2, 0.25) is 11.0 Å². The molecular formula is C28H26N2O+2. The van der Waals surface area contributed by atoms with Crippen LogP contribution in [-0.2, 0) is 18.9 Å². The van der Waals surface area contributed by atoms with E-state index in [1.165, 1.54) is 21.8 Å². The van der Waals surface area contributed by atoms with Crippen LogP contribution in [-0.4, -0.2) is 5.78 Å². The Hall–Kier alpha value is -3.59. The molecule has 2 heterocycles. The predicted molar refractivity (Wildman–Crippen MR) is 125 cm³/mol. The lowest BCUT2D eigenvalue weighted by atomic mass is 9.86. The van der Waals surface area contributed by atoms with Crippen molar-refractivity contribution in [3.05, 3.63) is 95.3 Å². The fourth-order valence-electron chi connectivity index (χ4n) is 4.53. The highest BCUT2D eigenvalue weighted by Crippen LogP contribution is 2.29. The maximum Gasteiger partial charge on any atom is 0.212 e. The quantitative estimate of drug-likeness (QED) is 0.345. The smallest absolute Gasteiger partial charge is 0.212 e. The fraction of sp³-hybridized carbons (Fsp3) is 0.179. The third-order valence-electron chi connectivity index (χ3n) is 6.19. The molecule has 0 unspecified atom stereocenters. The van der Waals surface area contributed by atoms with Gasteiger partial charge in [0.25, 0.3) is 0 Å². The van der Waals surface area contributed by atoms with Gasteiger partial charge < -0.3 is 0 Å². The summed E-state index contributed by atoms with van der Waals surface area (Å²) < 4.78 is 4.23. The number of nitrogens with zero attached hydrogens (tertiary/aromatic N) is 2. The van der Waals surface area contributed by atoms with Crippen molar-refractivity contribution in [1.29, 1.82) is 0 Å². The summed E-state index contributed by atoms with van der Waals surface area (Å²) in [6, 6.07) is 21.1. The van der Waals surface area contributed by atoms with E-state index < -0.39 is 0 Å². The van der Waals surface area contributed by atoms with Crippen LogP contribution in [0.25, 0.3) is 34.0 Å². The van der Waals surface area contributed by atoms with Gasteiger partial charge in [-0.2, -0.15) is 0 Å². The first-order valence-electron chi connectivity index (χ1n) is 10.8. The number of pyridine rings is 2. The van der Waals surface area contributed by atoms with E-state index >= 15 is 0 Å². The minimum atomic E-state index is 0.184. The van der Waals surface area contributed by atoms with Gasteiger partial charge in [-0.25, -0.2) is 9.13 Å². The summed E-state index contributed by atoms with van der Waals surface area (Å²) in [5.41, 5.74) is 6.35. The molecular weight excluding hydrogens is 380 g/mol. The summed E-state index contributed by atoms with van der Waals surface area (Å²) >= 11 is 0. The zero-order valence-corrected chi connectivity index (χ0v) is 18.0. The topological polar surface area (TPSA) is 24.8 Å². The van der Waals surface area contributed by atoms with E-state index in [0.29, 0.717) is 0 Å². The molecule has 1 saturated carbocycles. The van der Waals surface area contributed by atoms with Gasteiger partial charge in [-0.05, 0) is 78.9 Å². The zero-order valence-electron chi connectivity index (χ0n) is 18.0. The zero-order chi connectivity index (χ0) is 21.4. The van der Waals surface area contributed by atoms with E-state index in [9.17, 15) is 4.79 Å². The Labute approximate surface area is 182 Å². The minimum Gasteiger partial charge on any atom is -0.289 e. The molecule has 0 atom stereocenters. The number of hydrogen-bond acceptors (Lipinski definition) is 1. The number of ketones is 1. The first kappa shape index (κ1) is 19.4. The lowest BCUT2D eigenvalue weighted by Gasteiger charge is -2.16. The summed E-state index contributed by atoms with van der Waals surface area (Å²) in [4.78, 5) is 13.2. The number of aromatic nitrogens is 2. The van der Waals surface area contributed by atoms with Crippen LogP contribution in [0, 0.1) is 0 Å². The Balaban J connectivity index is 1.47. The molecule has 0 saturated heterocycles. The highest BCUT2D eigenvalue weighted by atomic mass is 16.1. The van der Waals surface area contributed by atoms with Crippen LogP contribution in [0.15, 0.2) is 84.2 Å². The fourth-order valence-corrected chi connectivity index (χ4v) is 4.53. The van der Waals surface area contributed by atoms with Gasteiger partial charge in [-0.15, -0.1) is 0 Å². The third-order valence-corrected chi connectivity index (χ3v) is 6.19. The van der Waals surface area contributed by atoms with Crippen molar-refractivity contribution in [2.24, 2.45) is 14.1 Å². The Bertz CT molecular complexity index is 1290. The van der Waals surface area contributed by atoms with Crippen LogP contribution in [0.2, 0.25) is 0 Å². The molecule has 0 aliphatic heterocycles. The highest BCUT2D eigenvalue weighted by Gasteiger charge is 2.21. The largest absolute Gasteiger partial charge is 0.289 e. The maximum atomic E-state index is 13.2. The van der Waals surface area contributed by atoms with E-state index in [-0.39, 0.29) is 5.78 Å². The van der Waals surface area contributed by atoms with Crippen molar-refractivity contribution in [2.75, 3.05) is 0 Å². The number of fused-ring (bicyclic) bond motifs is 2. The van der Waals surface area contributed by atoms with Crippen LogP contribution >= 0.6 is 0 Å². The Kier molecular flexibility index (Phi) is 4.95. The van der Waals surface area contributed by atoms with Gasteiger partial charge in [0.1, 0.15) is 14.1 Å². The van der Waals surface area contributed by atoms with Gasteiger partial charge in [0.15, 0.2) is 18.2 Å². The molecule has 1 aliphatic rings. The second-order valence-corrected chi connectivity index (χ2v) is 8.40. The van der Waals surface area contributed by atoms with Gasteiger partial charge >= 0.3 is 0 Å². The first-order chi connectivity index (χ1) is 15.1. The van der Waals surface area contributed by atoms with Crippen molar-refractivity contribution >= 4 is 39.7 Å². The van der Waals surface area contributed by atoms with Gasteiger partial charge in [-0.3, -0.25) is 4.79 Å². The molecule has 1 fully saturated rings. The summed E-state index contributed by atoms with van der Waals surface area (Å²) in [6.07, 6.45) is 10.9. The molecule has 4 aromatic rings. The van der Waals surface area contributed by atoms with Crippen molar-refractivity contribution in [3.63, 3.8) is 0 Å². The Morgan fingerprint density at radius 2 is 1.19 bits per heavy atom. The summed E-state index contributed by atoms with van der Waals surface area (Å²) in [5.74, 6) is 0.184. The summed E-state index contributed by atoms with van der Waals surface area (Å²) in [5, 5.41) is 2.37. The number of rotatable bonds is 2. The summed E-state index contributed by atoms with van der Waals surface area (Å²) in [6.45, 7) is 0. The number of hydrogen-bond donors (Lipinski definition) is 0. The molecule has 152 valence electrons. The van der Waals surface area contributed by atoms with Gasteiger partial charge in [0, 0.05) is 46.2 Å². The Morgan fingerprint density at radius 1 is 0.710 bits per heavy atom. The predicted octanol–water partition coefficient (Wildman–Crippen LogP) is 4.86.